The Morgan fingerprint density at radius 2 is 1.94 bits per heavy atom. The zero-order chi connectivity index (χ0) is 22.1. The number of aryl methyl sites for hydroxylation is 1. The van der Waals surface area contributed by atoms with Crippen LogP contribution in [0.25, 0.3) is 0 Å². The van der Waals surface area contributed by atoms with E-state index in [-0.39, 0.29) is 42.7 Å². The average molecular weight is 443 g/mol. The molecule has 4 heterocycles. The fourth-order valence-corrected chi connectivity index (χ4v) is 5.88. The molecule has 1 N–H and O–H groups in total. The number of nitrogens with one attached hydrogen (secondary N) is 1. The third-order valence-corrected chi connectivity index (χ3v) is 7.64. The first kappa shape index (κ1) is 21.7. The lowest BCUT2D eigenvalue weighted by atomic mass is 9.80. The molecule has 32 heavy (non-hydrogen) atoms. The summed E-state index contributed by atoms with van der Waals surface area (Å²) in [6.07, 6.45) is 6.37. The molecule has 7 nitrogen and oxygen atoms in total. The topological polar surface area (TPSA) is 77.1 Å². The summed E-state index contributed by atoms with van der Waals surface area (Å²) in [6, 6.07) is 5.83. The van der Waals surface area contributed by atoms with Gasteiger partial charge >= 0.3 is 0 Å². The molecule has 0 radical (unpaired) electrons. The van der Waals surface area contributed by atoms with Crippen LogP contribution in [0.2, 0.25) is 0 Å². The van der Waals surface area contributed by atoms with Crippen molar-refractivity contribution in [2.75, 3.05) is 26.4 Å². The van der Waals surface area contributed by atoms with E-state index in [4.69, 9.17) is 14.2 Å². The Bertz CT molecular complexity index is 845. The van der Waals surface area contributed by atoms with Crippen molar-refractivity contribution in [1.29, 1.82) is 0 Å². The van der Waals surface area contributed by atoms with Gasteiger partial charge in [0, 0.05) is 18.7 Å². The number of rotatable bonds is 2. The molecule has 1 aromatic carbocycles. The van der Waals surface area contributed by atoms with E-state index in [0.717, 1.165) is 50.7 Å². The number of nitrogens with zero attached hydrogens (tertiary/aromatic N) is 1. The van der Waals surface area contributed by atoms with E-state index >= 15 is 0 Å². The molecule has 2 bridgehead atoms. The predicted octanol–water partition coefficient (Wildman–Crippen LogP) is 2.69. The minimum Gasteiger partial charge on any atom is -0.483 e. The lowest BCUT2D eigenvalue weighted by Gasteiger charge is -2.32. The van der Waals surface area contributed by atoms with Crippen molar-refractivity contribution in [2.24, 2.45) is 0 Å². The Morgan fingerprint density at radius 3 is 2.72 bits per heavy atom. The molecule has 5 aliphatic rings. The SMILES string of the molecule is Cc1cccc2c1C1CCC(CC1)OCC1[C@@H](NC(=O)C3CCCO3)CCN1C(=O)CO2. The molecule has 2 amide bonds. The number of carbonyl (C=O) groups is 2. The van der Waals surface area contributed by atoms with Crippen molar-refractivity contribution >= 4 is 11.8 Å². The van der Waals surface area contributed by atoms with E-state index in [1.165, 1.54) is 11.1 Å². The van der Waals surface area contributed by atoms with Crippen LogP contribution in [0.15, 0.2) is 18.2 Å². The van der Waals surface area contributed by atoms with Gasteiger partial charge in [0.05, 0.1) is 24.8 Å². The molecule has 3 atom stereocenters. The minimum absolute atomic E-state index is 0.00943. The van der Waals surface area contributed by atoms with Gasteiger partial charge in [-0.3, -0.25) is 9.59 Å². The summed E-state index contributed by atoms with van der Waals surface area (Å²) in [5.74, 6) is 1.17. The van der Waals surface area contributed by atoms with E-state index < -0.39 is 0 Å². The van der Waals surface area contributed by atoms with Gasteiger partial charge in [-0.1, -0.05) is 12.1 Å². The number of fused-ring (bicyclic) bond motifs is 5. The molecule has 1 aromatic rings. The monoisotopic (exact) mass is 442 g/mol. The molecule has 7 heteroatoms. The van der Waals surface area contributed by atoms with Crippen LogP contribution < -0.4 is 10.1 Å². The second-order valence-corrected chi connectivity index (χ2v) is 9.64. The maximum absolute atomic E-state index is 13.2. The highest BCUT2D eigenvalue weighted by molar-refractivity contribution is 5.82. The lowest BCUT2D eigenvalue weighted by molar-refractivity contribution is -0.137. The average Bonchev–Trinajstić information content (AvgIpc) is 3.47. The Balaban J connectivity index is 1.35. The van der Waals surface area contributed by atoms with E-state index in [2.05, 4.69) is 18.3 Å². The number of benzene rings is 1. The maximum Gasteiger partial charge on any atom is 0.260 e. The number of hydrogen-bond donors (Lipinski definition) is 1. The molecule has 2 unspecified atom stereocenters. The highest BCUT2D eigenvalue weighted by Gasteiger charge is 2.40. The fourth-order valence-electron chi connectivity index (χ4n) is 5.88. The summed E-state index contributed by atoms with van der Waals surface area (Å²) in [5.41, 5.74) is 2.47. The van der Waals surface area contributed by atoms with Gasteiger partial charge in [-0.25, -0.2) is 0 Å². The first-order chi connectivity index (χ1) is 15.6. The first-order valence-corrected chi connectivity index (χ1v) is 12.2. The Hall–Kier alpha value is -2.12. The van der Waals surface area contributed by atoms with Gasteiger partial charge in [0.25, 0.3) is 5.91 Å². The Kier molecular flexibility index (Phi) is 6.37. The molecule has 6 rings (SSSR count). The summed E-state index contributed by atoms with van der Waals surface area (Å²) < 4.78 is 18.0. The van der Waals surface area contributed by atoms with Crippen molar-refractivity contribution < 1.29 is 23.8 Å². The molecule has 4 aliphatic heterocycles. The molecule has 0 spiro atoms. The molecular weight excluding hydrogens is 408 g/mol. The van der Waals surface area contributed by atoms with Crippen LogP contribution in [0.1, 0.15) is 62.0 Å². The van der Waals surface area contributed by atoms with Crippen molar-refractivity contribution in [1.82, 2.24) is 10.2 Å². The van der Waals surface area contributed by atoms with Gasteiger partial charge in [0.2, 0.25) is 5.91 Å². The van der Waals surface area contributed by atoms with Crippen LogP contribution >= 0.6 is 0 Å². The standard InChI is InChI=1S/C25H34N2O5/c1-16-4-2-5-21-24(16)17-7-9-18(10-8-17)31-14-20-19(11-12-27(20)23(28)15-32-21)26-25(29)22-6-3-13-30-22/h2,4-5,17-20,22H,3,6-15H2,1H3,(H,26,29)/t17?,18?,19-,20?,22?/m0/s1. The maximum atomic E-state index is 13.2. The van der Waals surface area contributed by atoms with Gasteiger partial charge in [-0.2, -0.15) is 0 Å². The summed E-state index contributed by atoms with van der Waals surface area (Å²) in [6.45, 7) is 3.82. The van der Waals surface area contributed by atoms with Crippen LogP contribution in [-0.4, -0.2) is 67.4 Å². The summed E-state index contributed by atoms with van der Waals surface area (Å²) >= 11 is 0. The number of amides is 2. The van der Waals surface area contributed by atoms with Crippen molar-refractivity contribution in [3.63, 3.8) is 0 Å². The van der Waals surface area contributed by atoms with Gasteiger partial charge in [-0.05, 0) is 69.4 Å². The van der Waals surface area contributed by atoms with E-state index in [1.54, 1.807) is 0 Å². The summed E-state index contributed by atoms with van der Waals surface area (Å²) in [4.78, 5) is 27.7. The van der Waals surface area contributed by atoms with Crippen LogP contribution in [0, 0.1) is 6.92 Å². The Labute approximate surface area is 189 Å². The zero-order valence-corrected chi connectivity index (χ0v) is 18.9. The molecule has 0 aromatic heterocycles. The van der Waals surface area contributed by atoms with Crippen molar-refractivity contribution in [2.45, 2.75) is 82.1 Å². The van der Waals surface area contributed by atoms with Crippen molar-refractivity contribution in [3.05, 3.63) is 29.3 Å². The highest BCUT2D eigenvalue weighted by atomic mass is 16.5. The van der Waals surface area contributed by atoms with Gasteiger partial charge in [0.15, 0.2) is 6.61 Å². The largest absolute Gasteiger partial charge is 0.483 e. The van der Waals surface area contributed by atoms with Crippen LogP contribution in [0.3, 0.4) is 0 Å². The molecule has 2 saturated heterocycles. The van der Waals surface area contributed by atoms with Crippen molar-refractivity contribution in [3.8, 4) is 5.75 Å². The number of hydrogen-bond acceptors (Lipinski definition) is 5. The highest BCUT2D eigenvalue weighted by Crippen LogP contribution is 2.40. The second-order valence-electron chi connectivity index (χ2n) is 9.64. The number of ether oxygens (including phenoxy) is 3. The smallest absolute Gasteiger partial charge is 0.260 e. The van der Waals surface area contributed by atoms with Crippen LogP contribution in [-0.2, 0) is 19.1 Å². The molecule has 3 fully saturated rings. The van der Waals surface area contributed by atoms with Gasteiger partial charge in [0.1, 0.15) is 11.9 Å². The van der Waals surface area contributed by atoms with E-state index in [9.17, 15) is 9.59 Å². The summed E-state index contributed by atoms with van der Waals surface area (Å²) in [5, 5.41) is 3.15. The summed E-state index contributed by atoms with van der Waals surface area (Å²) in [7, 11) is 0. The zero-order valence-electron chi connectivity index (χ0n) is 18.9. The minimum atomic E-state index is -0.367. The molecular formula is C25H34N2O5. The third-order valence-electron chi connectivity index (χ3n) is 7.64. The Morgan fingerprint density at radius 1 is 1.09 bits per heavy atom. The predicted molar refractivity (Wildman–Crippen MR) is 119 cm³/mol. The first-order valence-electron chi connectivity index (χ1n) is 12.2. The van der Waals surface area contributed by atoms with Gasteiger partial charge in [-0.15, -0.1) is 0 Å². The van der Waals surface area contributed by atoms with E-state index in [1.807, 2.05) is 17.0 Å². The van der Waals surface area contributed by atoms with Crippen LogP contribution in [0.4, 0.5) is 0 Å². The third kappa shape index (κ3) is 4.37. The van der Waals surface area contributed by atoms with Crippen LogP contribution in [0.5, 0.6) is 5.75 Å². The quantitative estimate of drug-likeness (QED) is 0.762. The normalized spacial score (nSPS) is 32.8. The lowest BCUT2D eigenvalue weighted by Crippen LogP contribution is -2.52. The van der Waals surface area contributed by atoms with E-state index in [0.29, 0.717) is 25.7 Å². The fraction of sp³-hybridized carbons (Fsp3) is 0.680. The molecule has 174 valence electrons. The second kappa shape index (κ2) is 9.40. The molecule has 1 saturated carbocycles. The van der Waals surface area contributed by atoms with Gasteiger partial charge < -0.3 is 24.4 Å². The molecule has 1 aliphatic carbocycles. The number of carbonyl (C=O) groups excluding carboxylic acids is 2.